The molecule has 0 aromatic heterocycles. The van der Waals surface area contributed by atoms with Crippen LogP contribution in [0.25, 0.3) is 0 Å². The van der Waals surface area contributed by atoms with Gasteiger partial charge in [-0.1, -0.05) is 0 Å². The summed E-state index contributed by atoms with van der Waals surface area (Å²) in [6.45, 7) is 0.863. The molecule has 0 aliphatic carbocycles. The van der Waals surface area contributed by atoms with Gasteiger partial charge in [0.25, 0.3) is 0 Å². The van der Waals surface area contributed by atoms with Gasteiger partial charge < -0.3 is 15.5 Å². The quantitative estimate of drug-likeness (QED) is 0.465. The molecular formula is C23H23ClF6N4O2. The summed E-state index contributed by atoms with van der Waals surface area (Å²) in [5.41, 5.74) is 5.33. The van der Waals surface area contributed by atoms with Crippen LogP contribution < -0.4 is 10.6 Å². The van der Waals surface area contributed by atoms with Gasteiger partial charge in [-0.3, -0.25) is 9.69 Å². The Hall–Kier alpha value is -2.99. The van der Waals surface area contributed by atoms with Crippen LogP contribution in [-0.2, 0) is 17.4 Å². The van der Waals surface area contributed by atoms with Gasteiger partial charge in [-0.05, 0) is 42.3 Å². The van der Waals surface area contributed by atoms with Crippen LogP contribution in [0.2, 0.25) is 0 Å². The third kappa shape index (κ3) is 5.70. The van der Waals surface area contributed by atoms with Gasteiger partial charge in [0.1, 0.15) is 5.82 Å². The molecule has 2 aliphatic rings. The lowest BCUT2D eigenvalue weighted by atomic mass is 10.0. The Balaban J connectivity index is 0.00000361. The van der Waals surface area contributed by atoms with Crippen LogP contribution in [0.4, 0.5) is 36.8 Å². The van der Waals surface area contributed by atoms with Crippen molar-refractivity contribution >= 4 is 30.0 Å². The van der Waals surface area contributed by atoms with E-state index in [9.17, 15) is 35.9 Å². The maximum Gasteiger partial charge on any atom is 0.416 e. The predicted molar refractivity (Wildman–Crippen MR) is 121 cm³/mol. The fourth-order valence-corrected chi connectivity index (χ4v) is 4.41. The zero-order valence-electron chi connectivity index (χ0n) is 18.8. The zero-order valence-corrected chi connectivity index (χ0v) is 19.6. The van der Waals surface area contributed by atoms with Crippen molar-refractivity contribution in [2.45, 2.75) is 31.1 Å². The average Bonchev–Trinajstić information content (AvgIpc) is 3.12. The van der Waals surface area contributed by atoms with Crippen molar-refractivity contribution in [2.24, 2.45) is 5.73 Å². The van der Waals surface area contributed by atoms with Gasteiger partial charge in [0, 0.05) is 50.4 Å². The van der Waals surface area contributed by atoms with Crippen molar-refractivity contribution in [3.63, 3.8) is 0 Å². The summed E-state index contributed by atoms with van der Waals surface area (Å²) < 4.78 is 78.8. The minimum atomic E-state index is -4.48. The van der Waals surface area contributed by atoms with Gasteiger partial charge in [-0.25, -0.2) is 18.0 Å². The number of urea groups is 1. The van der Waals surface area contributed by atoms with Crippen LogP contribution in [0.5, 0.6) is 0 Å². The Kier molecular flexibility index (Phi) is 8.09. The van der Waals surface area contributed by atoms with Gasteiger partial charge in [-0.2, -0.15) is 13.2 Å². The largest absolute Gasteiger partial charge is 0.416 e. The van der Waals surface area contributed by atoms with Crippen LogP contribution in [0.15, 0.2) is 36.4 Å². The molecule has 0 spiro atoms. The van der Waals surface area contributed by atoms with Gasteiger partial charge in [-0.15, -0.1) is 12.4 Å². The Morgan fingerprint density at radius 3 is 2.28 bits per heavy atom. The number of rotatable bonds is 5. The second-order valence-electron chi connectivity index (χ2n) is 8.65. The molecule has 36 heavy (non-hydrogen) atoms. The lowest BCUT2D eigenvalue weighted by molar-refractivity contribution is -0.137. The minimum absolute atomic E-state index is 0. The van der Waals surface area contributed by atoms with Gasteiger partial charge in [0.15, 0.2) is 11.6 Å². The fourth-order valence-electron chi connectivity index (χ4n) is 4.41. The number of alkyl halides is 3. The molecule has 196 valence electrons. The van der Waals surface area contributed by atoms with E-state index in [4.69, 9.17) is 5.73 Å². The van der Waals surface area contributed by atoms with Crippen molar-refractivity contribution in [2.75, 3.05) is 31.1 Å². The molecule has 2 saturated heterocycles. The number of anilines is 1. The first kappa shape index (κ1) is 27.6. The first-order chi connectivity index (χ1) is 16.4. The third-order valence-corrected chi connectivity index (χ3v) is 6.22. The highest BCUT2D eigenvalue weighted by atomic mass is 35.5. The number of hydrogen-bond donors (Lipinski definition) is 1. The van der Waals surface area contributed by atoms with Gasteiger partial charge >= 0.3 is 12.2 Å². The highest BCUT2D eigenvalue weighted by molar-refractivity contribution is 5.95. The molecule has 2 aromatic carbocycles. The molecule has 2 fully saturated rings. The number of fused-ring (bicyclic) bond motifs is 1. The van der Waals surface area contributed by atoms with Crippen LogP contribution in [0.1, 0.15) is 17.5 Å². The Morgan fingerprint density at radius 2 is 1.64 bits per heavy atom. The molecule has 1 unspecified atom stereocenters. The predicted octanol–water partition coefficient (Wildman–Crippen LogP) is 3.96. The van der Waals surface area contributed by atoms with E-state index in [0.717, 1.165) is 12.1 Å². The standard InChI is InChI=1S/C23H22F6N4O2.ClH/c24-18-10-20(26)19(25)8-13(18)7-15(30)9-21(34)31-5-6-32-17(11-31)12-33(22(32)35)16-3-1-14(2-4-16)23(27,28)29;/h1-4,8,10,15,17H,5-7,9,11-12,30H2;1H/t15-,17?;/m1./s1. The van der Waals surface area contributed by atoms with Gasteiger partial charge in [0.05, 0.1) is 11.6 Å². The van der Waals surface area contributed by atoms with Gasteiger partial charge in [0.2, 0.25) is 5.91 Å². The third-order valence-electron chi connectivity index (χ3n) is 6.22. The molecule has 2 atom stereocenters. The molecule has 0 saturated carbocycles. The summed E-state index contributed by atoms with van der Waals surface area (Å²) in [6.07, 6.45) is -4.82. The summed E-state index contributed by atoms with van der Waals surface area (Å²) in [6, 6.07) is 3.88. The molecule has 2 aliphatic heterocycles. The number of hydrogen-bond acceptors (Lipinski definition) is 3. The molecule has 2 aromatic rings. The first-order valence-electron chi connectivity index (χ1n) is 10.9. The summed E-state index contributed by atoms with van der Waals surface area (Å²) in [5, 5.41) is 0. The smallest absolute Gasteiger partial charge is 0.339 e. The van der Waals surface area contributed by atoms with E-state index in [1.807, 2.05) is 0 Å². The summed E-state index contributed by atoms with van der Waals surface area (Å²) in [7, 11) is 0. The highest BCUT2D eigenvalue weighted by Gasteiger charge is 2.42. The zero-order chi connectivity index (χ0) is 25.5. The summed E-state index contributed by atoms with van der Waals surface area (Å²) in [5.74, 6) is -3.81. The van der Waals surface area contributed by atoms with Crippen LogP contribution in [0, 0.1) is 17.5 Å². The monoisotopic (exact) mass is 536 g/mol. The van der Waals surface area contributed by atoms with E-state index in [-0.39, 0.29) is 75.0 Å². The molecule has 2 heterocycles. The molecule has 0 radical (unpaired) electrons. The Bertz CT molecular complexity index is 1130. The number of amides is 3. The normalized spacial score (nSPS) is 18.7. The minimum Gasteiger partial charge on any atom is -0.339 e. The van der Waals surface area contributed by atoms with Crippen molar-refractivity contribution in [1.29, 1.82) is 0 Å². The van der Waals surface area contributed by atoms with E-state index in [1.54, 1.807) is 4.90 Å². The number of halogens is 7. The van der Waals surface area contributed by atoms with Crippen molar-refractivity contribution in [3.8, 4) is 0 Å². The average molecular weight is 537 g/mol. The Morgan fingerprint density at radius 1 is 1.00 bits per heavy atom. The van der Waals surface area contributed by atoms with E-state index < -0.39 is 35.2 Å². The van der Waals surface area contributed by atoms with E-state index in [0.29, 0.717) is 17.8 Å². The lowest BCUT2D eigenvalue weighted by Crippen LogP contribution is -2.54. The first-order valence-corrected chi connectivity index (χ1v) is 10.9. The van der Waals surface area contributed by atoms with E-state index >= 15 is 0 Å². The van der Waals surface area contributed by atoms with Crippen LogP contribution >= 0.6 is 12.4 Å². The van der Waals surface area contributed by atoms with Crippen molar-refractivity contribution < 1.29 is 35.9 Å². The molecule has 13 heteroatoms. The maximum absolute atomic E-state index is 13.9. The molecular weight excluding hydrogens is 514 g/mol. The van der Waals surface area contributed by atoms with E-state index in [1.165, 1.54) is 21.9 Å². The number of piperazine rings is 1. The maximum atomic E-state index is 13.9. The summed E-state index contributed by atoms with van der Waals surface area (Å²) >= 11 is 0. The fraction of sp³-hybridized carbons (Fsp3) is 0.391. The van der Waals surface area contributed by atoms with Crippen molar-refractivity contribution in [3.05, 3.63) is 65.0 Å². The SMILES string of the molecule is Cl.N[C@@H](CC(=O)N1CCN2C(=O)N(c3ccc(C(F)(F)F)cc3)CC2C1)Cc1cc(F)c(F)cc1F. The summed E-state index contributed by atoms with van der Waals surface area (Å²) in [4.78, 5) is 30.0. The number of carbonyl (C=O) groups is 2. The van der Waals surface area contributed by atoms with Crippen LogP contribution in [-0.4, -0.2) is 60.0 Å². The molecule has 4 rings (SSSR count). The molecule has 3 amide bonds. The molecule has 0 bridgehead atoms. The molecule has 2 N–H and O–H groups in total. The number of carbonyl (C=O) groups excluding carboxylic acids is 2. The number of benzene rings is 2. The van der Waals surface area contributed by atoms with E-state index in [2.05, 4.69) is 0 Å². The van der Waals surface area contributed by atoms with Crippen molar-refractivity contribution in [1.82, 2.24) is 9.80 Å². The Labute approximate surface area is 209 Å². The number of nitrogens with two attached hydrogens (primary N) is 1. The number of nitrogens with zero attached hydrogens (tertiary/aromatic N) is 3. The second-order valence-corrected chi connectivity index (χ2v) is 8.65. The molecule has 6 nitrogen and oxygen atoms in total. The van der Waals surface area contributed by atoms with Crippen LogP contribution in [0.3, 0.4) is 0 Å². The lowest BCUT2D eigenvalue weighted by Gasteiger charge is -2.36. The topological polar surface area (TPSA) is 69.9 Å². The second kappa shape index (κ2) is 10.6. The highest BCUT2D eigenvalue weighted by Crippen LogP contribution is 2.32.